The van der Waals surface area contributed by atoms with Crippen LogP contribution in [-0.4, -0.2) is 56.8 Å². The van der Waals surface area contributed by atoms with E-state index in [2.05, 4.69) is 15.5 Å². The number of benzene rings is 3. The second-order valence-corrected chi connectivity index (χ2v) is 12.7. The lowest BCUT2D eigenvalue weighted by Gasteiger charge is -2.29. The molecule has 0 bridgehead atoms. The minimum atomic E-state index is -4.32. The van der Waals surface area contributed by atoms with Gasteiger partial charge in [0.05, 0.1) is 17.6 Å². The average Bonchev–Trinajstić information content (AvgIpc) is 3.74. The minimum absolute atomic E-state index is 0.00953. The summed E-state index contributed by atoms with van der Waals surface area (Å²) in [5, 5.41) is 18.2. The zero-order chi connectivity index (χ0) is 33.6. The van der Waals surface area contributed by atoms with Crippen LogP contribution >= 0.6 is 0 Å². The molecule has 1 aliphatic rings. The van der Waals surface area contributed by atoms with Crippen LogP contribution in [0.2, 0.25) is 0 Å². The zero-order valence-corrected chi connectivity index (χ0v) is 27.2. The van der Waals surface area contributed by atoms with Crippen molar-refractivity contribution in [1.82, 2.24) is 15.5 Å². The number of aromatic hydroxyl groups is 1. The third kappa shape index (κ3) is 7.46. The lowest BCUT2D eigenvalue weighted by atomic mass is 10.1. The number of methoxy groups -OCH3 is 1. The number of nitrogens with zero attached hydrogens (tertiary/aromatic N) is 3. The SMILES string of the molecule is CCCNC(=O)OCc1ccc(OCc2noc(-c3ccccc3OC)n2)c(N(CC(C)C)S(=O)(=O)c2ccc3c(c2)OCO3)c1O. The van der Waals surface area contributed by atoms with Crippen LogP contribution in [0, 0.1) is 5.92 Å². The second-order valence-electron chi connectivity index (χ2n) is 10.9. The van der Waals surface area contributed by atoms with Gasteiger partial charge in [-0.05, 0) is 48.7 Å². The van der Waals surface area contributed by atoms with Crippen molar-refractivity contribution in [3.8, 4) is 40.2 Å². The first-order chi connectivity index (χ1) is 22.6. The molecule has 0 unspecified atom stereocenters. The molecule has 0 aliphatic carbocycles. The van der Waals surface area contributed by atoms with Crippen LogP contribution in [0.5, 0.6) is 28.7 Å². The van der Waals surface area contributed by atoms with Crippen molar-refractivity contribution in [2.24, 2.45) is 5.92 Å². The summed E-state index contributed by atoms with van der Waals surface area (Å²) in [7, 11) is -2.80. The number of hydrogen-bond donors (Lipinski definition) is 2. The van der Waals surface area contributed by atoms with Gasteiger partial charge in [0.25, 0.3) is 15.9 Å². The maximum absolute atomic E-state index is 14.3. The number of aromatic nitrogens is 2. The van der Waals surface area contributed by atoms with Crippen molar-refractivity contribution in [2.75, 3.05) is 31.3 Å². The van der Waals surface area contributed by atoms with Gasteiger partial charge in [-0.2, -0.15) is 4.98 Å². The molecule has 0 fully saturated rings. The molecule has 47 heavy (non-hydrogen) atoms. The summed E-state index contributed by atoms with van der Waals surface area (Å²) in [6, 6.07) is 14.4. The fourth-order valence-corrected chi connectivity index (χ4v) is 6.35. The number of ether oxygens (including phenoxy) is 5. The maximum atomic E-state index is 14.3. The van der Waals surface area contributed by atoms with Gasteiger partial charge in [-0.1, -0.05) is 38.1 Å². The fourth-order valence-electron chi connectivity index (χ4n) is 4.69. The number of anilines is 1. The number of alkyl carbamates (subject to hydrolysis) is 1. The molecule has 5 rings (SSSR count). The Morgan fingerprint density at radius 1 is 1.06 bits per heavy atom. The predicted molar refractivity (Wildman–Crippen MR) is 169 cm³/mol. The van der Waals surface area contributed by atoms with Crippen LogP contribution in [0.15, 0.2) is 64.0 Å². The van der Waals surface area contributed by atoms with E-state index < -0.39 is 21.9 Å². The summed E-state index contributed by atoms with van der Waals surface area (Å²) in [4.78, 5) is 16.5. The summed E-state index contributed by atoms with van der Waals surface area (Å²) in [5.74, 6) is 0.962. The molecule has 2 heterocycles. The van der Waals surface area contributed by atoms with Crippen LogP contribution < -0.4 is 28.6 Å². The fraction of sp³-hybridized carbons (Fsp3) is 0.344. The smallest absolute Gasteiger partial charge is 0.407 e. The molecule has 1 aromatic heterocycles. The number of fused-ring (bicyclic) bond motifs is 1. The lowest BCUT2D eigenvalue weighted by Crippen LogP contribution is -2.35. The Balaban J connectivity index is 1.52. The largest absolute Gasteiger partial charge is 0.505 e. The minimum Gasteiger partial charge on any atom is -0.505 e. The molecule has 0 saturated carbocycles. The Morgan fingerprint density at radius 2 is 1.85 bits per heavy atom. The first-order valence-electron chi connectivity index (χ1n) is 14.9. The van der Waals surface area contributed by atoms with E-state index in [9.17, 15) is 18.3 Å². The van der Waals surface area contributed by atoms with Crippen molar-refractivity contribution in [1.29, 1.82) is 0 Å². The molecule has 0 saturated heterocycles. The average molecular weight is 669 g/mol. The first-order valence-corrected chi connectivity index (χ1v) is 16.3. The first kappa shape index (κ1) is 33.2. The summed E-state index contributed by atoms with van der Waals surface area (Å²) in [5.41, 5.74) is 0.587. The van der Waals surface area contributed by atoms with Gasteiger partial charge in [0, 0.05) is 24.7 Å². The topological polar surface area (TPSA) is 172 Å². The van der Waals surface area contributed by atoms with Gasteiger partial charge >= 0.3 is 6.09 Å². The van der Waals surface area contributed by atoms with E-state index in [0.717, 1.165) is 4.31 Å². The van der Waals surface area contributed by atoms with Gasteiger partial charge in [0.1, 0.15) is 29.5 Å². The number of rotatable bonds is 14. The predicted octanol–water partition coefficient (Wildman–Crippen LogP) is 5.25. The van der Waals surface area contributed by atoms with Gasteiger partial charge in [-0.25, -0.2) is 13.2 Å². The number of carbonyl (C=O) groups is 1. The Kier molecular flexibility index (Phi) is 10.2. The Morgan fingerprint density at radius 3 is 2.62 bits per heavy atom. The summed E-state index contributed by atoms with van der Waals surface area (Å²) >= 11 is 0. The van der Waals surface area contributed by atoms with Crippen molar-refractivity contribution in [3.63, 3.8) is 0 Å². The van der Waals surface area contributed by atoms with Crippen molar-refractivity contribution in [3.05, 3.63) is 66.0 Å². The summed E-state index contributed by atoms with van der Waals surface area (Å²) in [6.07, 6.45) is 0.0298. The number of nitrogens with one attached hydrogen (secondary N) is 1. The van der Waals surface area contributed by atoms with Gasteiger partial charge < -0.3 is 38.6 Å². The van der Waals surface area contributed by atoms with E-state index in [4.69, 9.17) is 28.2 Å². The van der Waals surface area contributed by atoms with Crippen LogP contribution in [0.1, 0.15) is 38.6 Å². The summed E-state index contributed by atoms with van der Waals surface area (Å²) in [6.45, 7) is 5.34. The monoisotopic (exact) mass is 668 g/mol. The van der Waals surface area contributed by atoms with E-state index in [1.807, 2.05) is 26.8 Å². The molecule has 1 amide bonds. The second kappa shape index (κ2) is 14.5. The number of amides is 1. The van der Waals surface area contributed by atoms with E-state index in [-0.39, 0.29) is 71.8 Å². The maximum Gasteiger partial charge on any atom is 0.407 e. The number of hydrogen-bond acceptors (Lipinski definition) is 12. The quantitative estimate of drug-likeness (QED) is 0.179. The van der Waals surface area contributed by atoms with E-state index in [1.165, 1.54) is 37.4 Å². The number of para-hydroxylation sites is 1. The number of phenolic OH excluding ortho intramolecular Hbond substituents is 1. The molecule has 14 nitrogen and oxygen atoms in total. The highest BCUT2D eigenvalue weighted by Crippen LogP contribution is 2.44. The van der Waals surface area contributed by atoms with Gasteiger partial charge in [0.15, 0.2) is 18.1 Å². The van der Waals surface area contributed by atoms with Crippen molar-refractivity contribution >= 4 is 21.8 Å². The molecule has 250 valence electrons. The molecular weight excluding hydrogens is 632 g/mol. The number of phenols is 1. The Hall–Kier alpha value is -5.18. The molecule has 0 spiro atoms. The number of carbonyl (C=O) groups excluding carboxylic acids is 1. The van der Waals surface area contributed by atoms with E-state index in [1.54, 1.807) is 18.2 Å². The van der Waals surface area contributed by atoms with Gasteiger partial charge in [-0.15, -0.1) is 0 Å². The summed E-state index contributed by atoms with van der Waals surface area (Å²) < 4.78 is 62.6. The molecular formula is C32H36N4O10S. The molecule has 4 aromatic rings. The molecule has 3 aromatic carbocycles. The Bertz CT molecular complexity index is 1830. The number of sulfonamides is 1. The highest BCUT2D eigenvalue weighted by atomic mass is 32.2. The normalized spacial score (nSPS) is 12.2. The highest BCUT2D eigenvalue weighted by molar-refractivity contribution is 7.92. The lowest BCUT2D eigenvalue weighted by molar-refractivity contribution is 0.138. The van der Waals surface area contributed by atoms with Crippen LogP contribution in [0.4, 0.5) is 10.5 Å². The third-order valence-corrected chi connectivity index (χ3v) is 8.71. The molecule has 0 atom stereocenters. The van der Waals surface area contributed by atoms with Crippen molar-refractivity contribution < 1.29 is 46.5 Å². The Labute approximate surface area is 272 Å². The van der Waals surface area contributed by atoms with E-state index >= 15 is 0 Å². The zero-order valence-electron chi connectivity index (χ0n) is 26.4. The molecule has 0 radical (unpaired) electrons. The standard InChI is InChI=1S/C32H36N4O10S/c1-5-14-33-32(38)43-17-21-10-12-26(42-18-28-34-31(46-35-28)23-8-6-7-9-24(23)41-4)29(30(21)37)36(16-20(2)3)47(39,40)22-11-13-25-27(15-22)45-19-44-25/h6-13,15,20,37H,5,14,16-19H2,1-4H3,(H,33,38). The molecule has 1 aliphatic heterocycles. The molecule has 15 heteroatoms. The van der Waals surface area contributed by atoms with Gasteiger partial charge in [0.2, 0.25) is 12.6 Å². The van der Waals surface area contributed by atoms with E-state index in [0.29, 0.717) is 30.0 Å². The van der Waals surface area contributed by atoms with Crippen LogP contribution in [-0.2, 0) is 28.0 Å². The van der Waals surface area contributed by atoms with Gasteiger partial charge in [-0.3, -0.25) is 4.31 Å². The van der Waals surface area contributed by atoms with Crippen LogP contribution in [0.3, 0.4) is 0 Å². The van der Waals surface area contributed by atoms with Crippen molar-refractivity contribution in [2.45, 2.75) is 45.3 Å². The van der Waals surface area contributed by atoms with Crippen LogP contribution in [0.25, 0.3) is 11.5 Å². The molecule has 2 N–H and O–H groups in total. The highest BCUT2D eigenvalue weighted by Gasteiger charge is 2.33. The third-order valence-electron chi connectivity index (χ3n) is 6.95.